The van der Waals surface area contributed by atoms with Crippen molar-refractivity contribution in [2.45, 2.75) is 241 Å². The number of unbranched alkanes of at least 4 members (excludes halogenated alkanes) is 2. The number of alkyl carbamates (subject to hydrolysis) is 1. The lowest BCUT2D eigenvalue weighted by Crippen LogP contribution is -2.67. The van der Waals surface area contributed by atoms with Gasteiger partial charge >= 0.3 is 12.1 Å². The average Bonchev–Trinajstić information content (AvgIpc) is 0.692. The molecule has 0 radical (unpaired) electrons. The number of aromatic hydroxyl groups is 1. The van der Waals surface area contributed by atoms with Gasteiger partial charge in [0.05, 0.1) is 59.2 Å². The first-order chi connectivity index (χ1) is 43.7. The second kappa shape index (κ2) is 29.7. The van der Waals surface area contributed by atoms with Gasteiger partial charge in [0, 0.05) is 80.9 Å². The molecule has 1 aromatic carbocycles. The van der Waals surface area contributed by atoms with Gasteiger partial charge in [-0.3, -0.25) is 24.0 Å². The van der Waals surface area contributed by atoms with Gasteiger partial charge in [0.25, 0.3) is 5.91 Å². The molecule has 28 nitrogen and oxygen atoms in total. The van der Waals surface area contributed by atoms with Crippen molar-refractivity contribution in [3.63, 3.8) is 0 Å². The van der Waals surface area contributed by atoms with Crippen molar-refractivity contribution < 1.29 is 108 Å². The van der Waals surface area contributed by atoms with E-state index in [-0.39, 0.29) is 80.9 Å². The van der Waals surface area contributed by atoms with Crippen LogP contribution in [0.4, 0.5) is 4.79 Å². The molecule has 3 aliphatic carbocycles. The second-order valence-electron chi connectivity index (χ2n) is 28.2. The van der Waals surface area contributed by atoms with Crippen LogP contribution in [0.5, 0.6) is 5.75 Å². The van der Waals surface area contributed by atoms with Gasteiger partial charge in [0.1, 0.15) is 46.3 Å². The quantitative estimate of drug-likeness (QED) is 0.0532. The third-order valence-electron chi connectivity index (χ3n) is 21.0. The number of benzene rings is 1. The molecule has 16 N–H and O–H groups in total. The molecular weight excluding hydrogens is 1230 g/mol. The van der Waals surface area contributed by atoms with E-state index < -0.39 is 189 Å². The molecule has 0 spiro atoms. The molecule has 24 atom stereocenters. The Balaban J connectivity index is 0.954. The first-order valence-corrected chi connectivity index (χ1v) is 32.8. The van der Waals surface area contributed by atoms with Gasteiger partial charge in [-0.05, 0) is 119 Å². The molecule has 0 bridgehead atoms. The maximum atomic E-state index is 14.6. The minimum atomic E-state index is -2.97. The number of hydrogen-bond acceptors (Lipinski definition) is 25. The molecule has 6 aliphatic rings. The van der Waals surface area contributed by atoms with Crippen LogP contribution in [-0.2, 0) is 62.7 Å². The molecule has 530 valence electrons. The van der Waals surface area contributed by atoms with Gasteiger partial charge < -0.3 is 111 Å². The van der Waals surface area contributed by atoms with E-state index in [0.717, 1.165) is 0 Å². The number of nitrogens with two attached hydrogens (primary N) is 2. The molecule has 0 aromatic heterocycles. The van der Waals surface area contributed by atoms with E-state index in [9.17, 15) is 74.7 Å². The number of nitrogens with zero attached hydrogens (tertiary/aromatic N) is 1. The Hall–Kier alpha value is -5.44. The highest BCUT2D eigenvalue weighted by atomic mass is 16.7. The third-order valence-corrected chi connectivity index (χ3v) is 21.0. The number of Topliss-reactive ketones (excluding diaryl/α,β-unsaturated/α-hetero) is 2. The lowest BCUT2D eigenvalue weighted by Gasteiger charge is -2.52. The Labute approximate surface area is 549 Å². The number of amides is 3. The fourth-order valence-electron chi connectivity index (χ4n) is 15.5. The van der Waals surface area contributed by atoms with E-state index in [0.29, 0.717) is 25.7 Å². The maximum Gasteiger partial charge on any atom is 0.407 e. The molecule has 1 saturated carbocycles. The van der Waals surface area contributed by atoms with Crippen molar-refractivity contribution >= 4 is 41.2 Å². The number of aliphatic hydroxyl groups excluding tert-OH is 4. The second-order valence-corrected chi connectivity index (χ2v) is 28.2. The molecule has 4 fully saturated rings. The minimum absolute atomic E-state index is 0.00363. The van der Waals surface area contributed by atoms with Crippen LogP contribution in [0.25, 0.3) is 5.76 Å². The Kier molecular flexibility index (Phi) is 24.0. The summed E-state index contributed by atoms with van der Waals surface area (Å²) in [5.74, 6) is -13.6. The number of rotatable bonds is 19. The Morgan fingerprint density at radius 2 is 1.50 bits per heavy atom. The largest absolute Gasteiger partial charge is 0.508 e. The monoisotopic (exact) mass is 1330 g/mol. The molecule has 3 aliphatic heterocycles. The van der Waals surface area contributed by atoms with Crippen LogP contribution in [0.1, 0.15) is 145 Å². The standard InChI is InChI=1S/C66H104N6O22/c1-15-41-65(11,86)53(78)32(4)47(67)30(2)28-62(8,84)56(93-60-49(75)39(72(12)13)26-31(3)89-60)33(5)52(34(6)59(82)91-41)92-43-29-63(9,88-14)57(35(7)90-43)94-61(83)71-23-18-16-17-22-42(74)69-24-25-70-48-38-27-37-45(50(76)44-36(64(37,10)85)20-19-21-40(44)73)54(79)66(38,87)55(80)46(51(48)77)58(68)81/h19-21,30-35,37-39,41,43,47-49,52-53,56-57,60,70,73,75-76,78,80,84-87H,15-18,22-29,67H2,1-14H3,(H2,68,81)(H,69,74)(H,71,83)/t30-,31?,32+,33+,34-,35?,37+,38+,39?,41-,43?,47+,48?,49?,52+,53-,56-,57?,60?,62-,63?,64-,65-,66+/m1/s1. The number of hydrogen-bond donors (Lipinski definition) is 14. The number of fused-ring (bicyclic) bond motifs is 3. The Bertz CT molecular complexity index is 2990. The number of likely N-dealkylation sites (N-methyl/N-ethyl adjacent to an activating group) is 1. The topological polar surface area (TPSA) is 440 Å². The van der Waals surface area contributed by atoms with E-state index in [1.807, 2.05) is 32.8 Å². The molecule has 1 aromatic rings. The molecule has 3 saturated heterocycles. The van der Waals surface area contributed by atoms with E-state index in [1.165, 1.54) is 39.2 Å². The smallest absolute Gasteiger partial charge is 0.407 e. The summed E-state index contributed by atoms with van der Waals surface area (Å²) >= 11 is 0. The van der Waals surface area contributed by atoms with Crippen LogP contribution < -0.4 is 27.4 Å². The summed E-state index contributed by atoms with van der Waals surface area (Å²) in [6.07, 6.45) is -10.1. The van der Waals surface area contributed by atoms with Gasteiger partial charge in [0.15, 0.2) is 30.1 Å². The van der Waals surface area contributed by atoms with E-state index >= 15 is 0 Å². The molecule has 28 heteroatoms. The van der Waals surface area contributed by atoms with Gasteiger partial charge in [-0.2, -0.15) is 0 Å². The number of phenolic OH excluding ortho intramolecular Hbond substituents is 1. The number of carbonyl (C=O) groups is 6. The first-order valence-electron chi connectivity index (χ1n) is 32.8. The van der Waals surface area contributed by atoms with Gasteiger partial charge in [-0.25, -0.2) is 4.79 Å². The lowest BCUT2D eigenvalue weighted by atomic mass is 9.54. The third kappa shape index (κ3) is 15.0. The number of nitrogens with one attached hydrogen (secondary N) is 3. The summed E-state index contributed by atoms with van der Waals surface area (Å²) in [4.78, 5) is 83.6. The molecule has 3 amide bonds. The lowest BCUT2D eigenvalue weighted by molar-refractivity contribution is -0.318. The minimum Gasteiger partial charge on any atom is -0.508 e. The van der Waals surface area contributed by atoms with Gasteiger partial charge in [-0.1, -0.05) is 46.2 Å². The highest BCUT2D eigenvalue weighted by Gasteiger charge is 2.66. The fourth-order valence-corrected chi connectivity index (χ4v) is 15.5. The zero-order valence-corrected chi connectivity index (χ0v) is 56.6. The van der Waals surface area contributed by atoms with E-state index in [4.69, 9.17) is 44.6 Å². The van der Waals surface area contributed by atoms with Crippen LogP contribution in [0, 0.1) is 35.5 Å². The van der Waals surface area contributed by atoms with E-state index in [1.54, 1.807) is 48.5 Å². The summed E-state index contributed by atoms with van der Waals surface area (Å²) in [5, 5.41) is 114. The van der Waals surface area contributed by atoms with Crippen molar-refractivity contribution in [1.82, 2.24) is 20.9 Å². The summed E-state index contributed by atoms with van der Waals surface area (Å²) in [6.45, 7) is 18.0. The fraction of sp³-hybridized carbons (Fsp3) is 0.758. The number of ether oxygens (including phenoxy) is 7. The van der Waals surface area contributed by atoms with Crippen LogP contribution >= 0.6 is 0 Å². The normalized spacial score (nSPS) is 40.8. The van der Waals surface area contributed by atoms with Crippen molar-refractivity contribution in [3.05, 3.63) is 46.2 Å². The molecular formula is C66H104N6O22. The highest BCUT2D eigenvalue weighted by Crippen LogP contribution is 2.57. The van der Waals surface area contributed by atoms with Crippen LogP contribution in [0.3, 0.4) is 0 Å². The van der Waals surface area contributed by atoms with E-state index in [2.05, 4.69) is 16.0 Å². The summed E-state index contributed by atoms with van der Waals surface area (Å²) in [7, 11) is 5.11. The van der Waals surface area contributed by atoms with Crippen molar-refractivity contribution in [1.29, 1.82) is 0 Å². The number of phenols is 1. The number of esters is 1. The maximum absolute atomic E-state index is 14.6. The zero-order valence-electron chi connectivity index (χ0n) is 56.6. The van der Waals surface area contributed by atoms with Crippen molar-refractivity contribution in [3.8, 4) is 5.75 Å². The number of methoxy groups -OCH3 is 1. The zero-order chi connectivity index (χ0) is 70.2. The van der Waals surface area contributed by atoms with Crippen LogP contribution in [0.15, 0.2) is 35.1 Å². The SMILES string of the molecule is CC[C@H]1OC(=O)[C@H](C)[C@@H](OC2CC(C)(OC)C(OC(=O)NCCCCCC(=O)NCCNC3C(=O)C(C(N)=O)=C(O)[C@@]4(O)C(=O)C5=C(O)c6c(O)cccc6[C@@](C)(O)[C@H]5C[C@@H]34)C(C)O2)[C@H](C)[C@@H](OC2OC(C)CC(N(C)C)C2O)[C@](C)(O)C[C@@H](C)[C@H](N)[C@H](C)[C@@H](O)[C@]1(C)O. The molecule has 3 heterocycles. The highest BCUT2D eigenvalue weighted by molar-refractivity contribution is 6.24. The van der Waals surface area contributed by atoms with Gasteiger partial charge in [0.2, 0.25) is 11.7 Å². The number of ketones is 2. The first kappa shape index (κ1) is 75.9. The number of aliphatic hydroxyl groups is 8. The predicted octanol–water partition coefficient (Wildman–Crippen LogP) is 1.62. The van der Waals surface area contributed by atoms with Crippen LogP contribution in [0.2, 0.25) is 0 Å². The van der Waals surface area contributed by atoms with Gasteiger partial charge in [-0.15, -0.1) is 0 Å². The number of primary amides is 1. The number of cyclic esters (lactones) is 1. The van der Waals surface area contributed by atoms with Crippen molar-refractivity contribution in [2.24, 2.45) is 47.0 Å². The van der Waals surface area contributed by atoms with Crippen molar-refractivity contribution in [2.75, 3.05) is 40.8 Å². The summed E-state index contributed by atoms with van der Waals surface area (Å²) in [6, 6.07) is 1.38. The Morgan fingerprint density at radius 1 is 0.830 bits per heavy atom. The average molecular weight is 1330 g/mol. The molecule has 94 heavy (non-hydrogen) atoms. The molecule has 7 rings (SSSR count). The molecule has 9 unspecified atom stereocenters. The number of carbonyl (C=O) groups excluding carboxylic acids is 6. The summed E-state index contributed by atoms with van der Waals surface area (Å²) < 4.78 is 44.5. The van der Waals surface area contributed by atoms with Crippen LogP contribution in [-0.4, -0.2) is 229 Å². The summed E-state index contributed by atoms with van der Waals surface area (Å²) in [5.41, 5.74) is 0.651. The Morgan fingerprint density at radius 3 is 2.13 bits per heavy atom. The predicted molar refractivity (Wildman–Crippen MR) is 337 cm³/mol.